The zero-order chi connectivity index (χ0) is 13.3. The molecule has 0 rings (SSSR count). The summed E-state index contributed by atoms with van der Waals surface area (Å²) in [5.41, 5.74) is 0. The van der Waals surface area contributed by atoms with Gasteiger partial charge in [-0.2, -0.15) is 0 Å². The molecule has 2 atom stereocenters. The molecule has 6 heteroatoms. The van der Waals surface area contributed by atoms with Crippen molar-refractivity contribution in [3.8, 4) is 0 Å². The number of rotatable bonds is 9. The quantitative estimate of drug-likeness (QED) is 0.571. The molecule has 0 heterocycles. The Bertz CT molecular complexity index is 244. The fourth-order valence-corrected chi connectivity index (χ4v) is 1.21. The maximum absolute atomic E-state index is 11.4. The van der Waals surface area contributed by atoms with Crippen LogP contribution in [0.3, 0.4) is 0 Å². The van der Waals surface area contributed by atoms with E-state index in [1.165, 1.54) is 7.11 Å². The standard InChI is InChI=1S/C11H21NO5/c1-4-8(2)10(11(14)15)12-9(13)7-17-6-5-16-3/h8,10H,4-7H2,1-3H3,(H,12,13)(H,14,15)/t8-,10-/m1/s1. The van der Waals surface area contributed by atoms with Gasteiger partial charge in [0.2, 0.25) is 5.91 Å². The number of methoxy groups -OCH3 is 1. The van der Waals surface area contributed by atoms with E-state index in [-0.39, 0.29) is 12.5 Å². The van der Waals surface area contributed by atoms with Gasteiger partial charge in [-0.15, -0.1) is 0 Å². The fraction of sp³-hybridized carbons (Fsp3) is 0.818. The summed E-state index contributed by atoms with van der Waals surface area (Å²) in [5, 5.41) is 11.4. The van der Waals surface area contributed by atoms with Crippen LogP contribution in [-0.4, -0.2) is 50.0 Å². The van der Waals surface area contributed by atoms with Gasteiger partial charge >= 0.3 is 5.97 Å². The molecule has 0 aliphatic rings. The molecule has 0 saturated carbocycles. The fourth-order valence-electron chi connectivity index (χ4n) is 1.21. The zero-order valence-corrected chi connectivity index (χ0v) is 10.6. The third-order valence-electron chi connectivity index (χ3n) is 2.46. The van der Waals surface area contributed by atoms with Gasteiger partial charge < -0.3 is 19.9 Å². The van der Waals surface area contributed by atoms with Gasteiger partial charge in [-0.3, -0.25) is 4.79 Å². The van der Waals surface area contributed by atoms with Crippen molar-refractivity contribution in [1.82, 2.24) is 5.32 Å². The lowest BCUT2D eigenvalue weighted by Gasteiger charge is -2.20. The summed E-state index contributed by atoms with van der Waals surface area (Å²) < 4.78 is 9.75. The summed E-state index contributed by atoms with van der Waals surface area (Å²) in [5.74, 6) is -1.56. The van der Waals surface area contributed by atoms with Gasteiger partial charge in [0.1, 0.15) is 12.6 Å². The molecule has 0 fully saturated rings. The first-order valence-corrected chi connectivity index (χ1v) is 5.61. The molecule has 0 aliphatic heterocycles. The first-order valence-electron chi connectivity index (χ1n) is 5.61. The lowest BCUT2D eigenvalue weighted by Crippen LogP contribution is -2.46. The number of carbonyl (C=O) groups is 2. The highest BCUT2D eigenvalue weighted by Crippen LogP contribution is 2.07. The van der Waals surface area contributed by atoms with Gasteiger partial charge in [0.25, 0.3) is 0 Å². The van der Waals surface area contributed by atoms with Crippen molar-refractivity contribution in [1.29, 1.82) is 0 Å². The van der Waals surface area contributed by atoms with E-state index in [0.717, 1.165) is 0 Å². The number of hydrogen-bond acceptors (Lipinski definition) is 4. The second kappa shape index (κ2) is 8.95. The Labute approximate surface area is 101 Å². The number of nitrogens with one attached hydrogen (secondary N) is 1. The van der Waals surface area contributed by atoms with E-state index in [1.54, 1.807) is 6.92 Å². The molecule has 0 aromatic heterocycles. The number of carboxylic acids is 1. The normalized spacial score (nSPS) is 14.1. The second-order valence-electron chi connectivity index (χ2n) is 3.81. The van der Waals surface area contributed by atoms with Gasteiger partial charge in [-0.1, -0.05) is 20.3 Å². The molecule has 1 amide bonds. The van der Waals surface area contributed by atoms with Gasteiger partial charge in [-0.25, -0.2) is 4.79 Å². The lowest BCUT2D eigenvalue weighted by atomic mass is 9.99. The van der Waals surface area contributed by atoms with E-state index in [1.807, 2.05) is 6.92 Å². The van der Waals surface area contributed by atoms with Crippen LogP contribution in [0.15, 0.2) is 0 Å². The van der Waals surface area contributed by atoms with Crippen LogP contribution in [0.4, 0.5) is 0 Å². The van der Waals surface area contributed by atoms with Crippen LogP contribution in [0.25, 0.3) is 0 Å². The van der Waals surface area contributed by atoms with Crippen LogP contribution < -0.4 is 5.32 Å². The molecule has 0 aromatic carbocycles. The van der Waals surface area contributed by atoms with Gasteiger partial charge in [0.05, 0.1) is 13.2 Å². The summed E-state index contributed by atoms with van der Waals surface area (Å²) in [6.45, 7) is 4.22. The number of carbonyl (C=O) groups excluding carboxylic acids is 1. The van der Waals surface area contributed by atoms with Crippen molar-refractivity contribution < 1.29 is 24.2 Å². The van der Waals surface area contributed by atoms with Crippen molar-refractivity contribution in [2.45, 2.75) is 26.3 Å². The average molecular weight is 247 g/mol. The van der Waals surface area contributed by atoms with Gasteiger partial charge in [0, 0.05) is 7.11 Å². The van der Waals surface area contributed by atoms with Crippen LogP contribution in [-0.2, 0) is 19.1 Å². The molecular weight excluding hydrogens is 226 g/mol. The topological polar surface area (TPSA) is 84.9 Å². The predicted molar refractivity (Wildman–Crippen MR) is 61.7 cm³/mol. The van der Waals surface area contributed by atoms with E-state index in [4.69, 9.17) is 14.6 Å². The SMILES string of the molecule is CC[C@@H](C)[C@@H](NC(=O)COCCOC)C(=O)O. The molecule has 6 nitrogen and oxygen atoms in total. The van der Waals surface area contributed by atoms with Crippen molar-refractivity contribution in [3.05, 3.63) is 0 Å². The third-order valence-corrected chi connectivity index (χ3v) is 2.46. The Morgan fingerprint density at radius 2 is 2.00 bits per heavy atom. The van der Waals surface area contributed by atoms with Crippen LogP contribution >= 0.6 is 0 Å². The molecule has 2 N–H and O–H groups in total. The predicted octanol–water partition coefficient (Wildman–Crippen LogP) is 0.265. The van der Waals surface area contributed by atoms with E-state index < -0.39 is 17.9 Å². The first kappa shape index (κ1) is 15.9. The lowest BCUT2D eigenvalue weighted by molar-refractivity contribution is -0.144. The first-order chi connectivity index (χ1) is 8.02. The van der Waals surface area contributed by atoms with E-state index in [0.29, 0.717) is 19.6 Å². The summed E-state index contributed by atoms with van der Waals surface area (Å²) in [4.78, 5) is 22.3. The van der Waals surface area contributed by atoms with E-state index in [2.05, 4.69) is 5.32 Å². The van der Waals surface area contributed by atoms with E-state index >= 15 is 0 Å². The molecule has 0 radical (unpaired) electrons. The largest absolute Gasteiger partial charge is 0.480 e. The van der Waals surface area contributed by atoms with Crippen molar-refractivity contribution in [2.75, 3.05) is 26.9 Å². The Hall–Kier alpha value is -1.14. The molecule has 17 heavy (non-hydrogen) atoms. The molecular formula is C11H21NO5. The number of aliphatic carboxylic acids is 1. The van der Waals surface area contributed by atoms with Crippen LogP contribution in [0, 0.1) is 5.92 Å². The molecule has 0 aliphatic carbocycles. The minimum absolute atomic E-state index is 0.115. The zero-order valence-electron chi connectivity index (χ0n) is 10.6. The molecule has 100 valence electrons. The third kappa shape index (κ3) is 6.91. The molecule has 0 spiro atoms. The average Bonchev–Trinajstić information content (AvgIpc) is 2.30. The van der Waals surface area contributed by atoms with Crippen molar-refractivity contribution in [3.63, 3.8) is 0 Å². The van der Waals surface area contributed by atoms with Crippen LogP contribution in [0.2, 0.25) is 0 Å². The Morgan fingerprint density at radius 3 is 2.47 bits per heavy atom. The maximum Gasteiger partial charge on any atom is 0.326 e. The Morgan fingerprint density at radius 1 is 1.35 bits per heavy atom. The molecule has 0 unspecified atom stereocenters. The van der Waals surface area contributed by atoms with Crippen LogP contribution in [0.1, 0.15) is 20.3 Å². The number of amides is 1. The molecule has 0 bridgehead atoms. The van der Waals surface area contributed by atoms with Gasteiger partial charge in [0.15, 0.2) is 0 Å². The summed E-state index contributed by atoms with van der Waals surface area (Å²) in [7, 11) is 1.53. The minimum atomic E-state index is -1.02. The highest BCUT2D eigenvalue weighted by atomic mass is 16.5. The molecule has 0 aromatic rings. The van der Waals surface area contributed by atoms with Crippen molar-refractivity contribution >= 4 is 11.9 Å². The Balaban J connectivity index is 4.00. The van der Waals surface area contributed by atoms with Crippen LogP contribution in [0.5, 0.6) is 0 Å². The van der Waals surface area contributed by atoms with Crippen molar-refractivity contribution in [2.24, 2.45) is 5.92 Å². The monoisotopic (exact) mass is 247 g/mol. The Kier molecular flexibility index (Phi) is 8.35. The van der Waals surface area contributed by atoms with Gasteiger partial charge in [-0.05, 0) is 5.92 Å². The maximum atomic E-state index is 11.4. The number of carboxylic acid groups (broad SMARTS) is 1. The minimum Gasteiger partial charge on any atom is -0.480 e. The highest BCUT2D eigenvalue weighted by molar-refractivity contribution is 5.84. The molecule has 0 saturated heterocycles. The smallest absolute Gasteiger partial charge is 0.326 e. The number of hydrogen-bond donors (Lipinski definition) is 2. The number of ether oxygens (including phenoxy) is 2. The van der Waals surface area contributed by atoms with E-state index in [9.17, 15) is 9.59 Å². The summed E-state index contributed by atoms with van der Waals surface area (Å²) >= 11 is 0. The summed E-state index contributed by atoms with van der Waals surface area (Å²) in [6, 6.07) is -0.862. The second-order valence-corrected chi connectivity index (χ2v) is 3.81. The highest BCUT2D eigenvalue weighted by Gasteiger charge is 2.24. The summed E-state index contributed by atoms with van der Waals surface area (Å²) in [6.07, 6.45) is 0.682.